The van der Waals surface area contributed by atoms with Gasteiger partial charge in [-0.05, 0) is 62.1 Å². The number of carbonyl (C=O) groups excluding carboxylic acids is 3. The largest absolute Gasteiger partial charge is 0.381 e. The zero-order chi connectivity index (χ0) is 30.4. The molecule has 0 saturated carbocycles. The highest BCUT2D eigenvalue weighted by molar-refractivity contribution is 8.00. The van der Waals surface area contributed by atoms with E-state index in [0.717, 1.165) is 22.4 Å². The number of aliphatic hydroxyl groups excluding tert-OH is 1. The lowest BCUT2D eigenvalue weighted by atomic mass is 9.96. The third kappa shape index (κ3) is 7.33. The van der Waals surface area contributed by atoms with Gasteiger partial charge in [-0.2, -0.15) is 0 Å². The molecule has 42 heavy (non-hydrogen) atoms. The zero-order valence-electron chi connectivity index (χ0n) is 24.8. The Morgan fingerprint density at radius 3 is 2.40 bits per heavy atom. The van der Waals surface area contributed by atoms with Crippen molar-refractivity contribution in [3.63, 3.8) is 0 Å². The monoisotopic (exact) mass is 588 g/mol. The number of thioether (sulfide) groups is 1. The zero-order valence-corrected chi connectivity index (χ0v) is 25.7. The summed E-state index contributed by atoms with van der Waals surface area (Å²) in [6.45, 7) is 6.18. The Labute approximate surface area is 252 Å². The van der Waals surface area contributed by atoms with E-state index in [1.807, 2.05) is 100 Å². The fraction of sp³-hybridized carbons (Fsp3) is 0.364. The Balaban J connectivity index is 1.55. The summed E-state index contributed by atoms with van der Waals surface area (Å²) in [7, 11) is 3.78. The first-order valence-corrected chi connectivity index (χ1v) is 15.0. The fourth-order valence-corrected chi connectivity index (χ4v) is 6.27. The summed E-state index contributed by atoms with van der Waals surface area (Å²) in [4.78, 5) is 44.1. The molecule has 1 heterocycles. The summed E-state index contributed by atoms with van der Waals surface area (Å²) in [5, 5.41) is 17.4. The van der Waals surface area contributed by atoms with Crippen LogP contribution in [0.3, 0.4) is 0 Å². The van der Waals surface area contributed by atoms with Crippen LogP contribution in [0.25, 0.3) is 0 Å². The van der Waals surface area contributed by atoms with Crippen molar-refractivity contribution < 1.29 is 19.5 Å². The molecule has 3 amide bonds. The number of hydrogen-bond donors (Lipinski definition) is 3. The molecule has 0 spiro atoms. The number of rotatable bonds is 10. The summed E-state index contributed by atoms with van der Waals surface area (Å²) < 4.78 is -0.573. The quantitative estimate of drug-likeness (QED) is 0.334. The molecule has 1 saturated heterocycles. The summed E-state index contributed by atoms with van der Waals surface area (Å²) in [6, 6.07) is 22.7. The number of aryl methyl sites for hydroxylation is 1. The summed E-state index contributed by atoms with van der Waals surface area (Å²) >= 11 is 1.49. The van der Waals surface area contributed by atoms with Crippen molar-refractivity contribution in [3.8, 4) is 0 Å². The van der Waals surface area contributed by atoms with Crippen LogP contribution in [0, 0.1) is 6.92 Å². The van der Waals surface area contributed by atoms with Gasteiger partial charge in [-0.25, -0.2) is 0 Å². The fourth-order valence-electron chi connectivity index (χ4n) is 5.13. The maximum absolute atomic E-state index is 13.9. The van der Waals surface area contributed by atoms with Crippen LogP contribution in [0.2, 0.25) is 0 Å². The molecule has 0 bridgehead atoms. The average molecular weight is 589 g/mol. The van der Waals surface area contributed by atoms with E-state index in [1.165, 1.54) is 16.7 Å². The number of benzene rings is 3. The molecule has 1 aliphatic rings. The SMILES string of the molecule is Cc1ccccc1CNC(=O)[C@H]1N(C(=O)[C@@H](O)C(Cc2ccccc2)NC(=O)c2cccc(N(C)C)c2)CSC1(C)C. The Hall–Kier alpha value is -3.82. The molecule has 222 valence electrons. The second kappa shape index (κ2) is 13.4. The van der Waals surface area contributed by atoms with Crippen LogP contribution in [0.5, 0.6) is 0 Å². The van der Waals surface area contributed by atoms with Gasteiger partial charge in [-0.3, -0.25) is 14.4 Å². The van der Waals surface area contributed by atoms with E-state index < -0.39 is 34.7 Å². The van der Waals surface area contributed by atoms with E-state index in [0.29, 0.717) is 12.1 Å². The minimum absolute atomic E-state index is 0.237. The Kier molecular flexibility index (Phi) is 9.96. The Morgan fingerprint density at radius 2 is 1.71 bits per heavy atom. The lowest BCUT2D eigenvalue weighted by molar-refractivity contribution is -0.147. The van der Waals surface area contributed by atoms with Gasteiger partial charge in [0.05, 0.1) is 11.9 Å². The summed E-state index contributed by atoms with van der Waals surface area (Å²) in [6.07, 6.45) is -1.33. The third-order valence-corrected chi connectivity index (χ3v) is 9.04. The standard InChI is InChI=1S/C33H40N4O4S/c1-22-12-9-10-15-25(22)20-34-31(40)29-33(2,3)42-21-37(29)32(41)28(38)27(18-23-13-7-6-8-14-23)35-30(39)24-16-11-17-26(19-24)36(4)5/h6-17,19,27-29,38H,18,20-21H2,1-5H3,(H,34,40)(H,35,39)/t27?,28-,29+/m0/s1. The van der Waals surface area contributed by atoms with Crippen molar-refractivity contribution in [3.05, 3.63) is 101 Å². The molecular formula is C33H40N4O4S. The highest BCUT2D eigenvalue weighted by atomic mass is 32.2. The van der Waals surface area contributed by atoms with E-state index in [4.69, 9.17) is 0 Å². The number of nitrogens with one attached hydrogen (secondary N) is 2. The molecule has 3 aromatic rings. The van der Waals surface area contributed by atoms with Gasteiger partial charge in [0.1, 0.15) is 6.04 Å². The molecule has 3 atom stereocenters. The predicted molar refractivity (Wildman–Crippen MR) is 168 cm³/mol. The third-order valence-electron chi connectivity index (χ3n) is 7.67. The number of carbonyl (C=O) groups is 3. The van der Waals surface area contributed by atoms with Crippen LogP contribution < -0.4 is 15.5 Å². The molecule has 3 aromatic carbocycles. The highest BCUT2D eigenvalue weighted by Gasteiger charge is 2.49. The first kappa shape index (κ1) is 31.1. The highest BCUT2D eigenvalue weighted by Crippen LogP contribution is 2.40. The lowest BCUT2D eigenvalue weighted by Gasteiger charge is -2.33. The van der Waals surface area contributed by atoms with Crippen molar-refractivity contribution in [2.75, 3.05) is 24.9 Å². The maximum atomic E-state index is 13.9. The number of hydrogen-bond acceptors (Lipinski definition) is 6. The second-order valence-corrected chi connectivity index (χ2v) is 13.0. The molecule has 1 fully saturated rings. The van der Waals surface area contributed by atoms with Gasteiger partial charge in [0.25, 0.3) is 11.8 Å². The molecule has 0 aromatic heterocycles. The Morgan fingerprint density at radius 1 is 1.02 bits per heavy atom. The first-order valence-electron chi connectivity index (χ1n) is 14.0. The molecule has 1 unspecified atom stereocenters. The van der Waals surface area contributed by atoms with Gasteiger partial charge in [-0.15, -0.1) is 11.8 Å². The van der Waals surface area contributed by atoms with Crippen LogP contribution in [0.1, 0.15) is 40.9 Å². The maximum Gasteiger partial charge on any atom is 0.254 e. The van der Waals surface area contributed by atoms with E-state index >= 15 is 0 Å². The molecule has 8 nitrogen and oxygen atoms in total. The molecule has 4 rings (SSSR count). The van der Waals surface area contributed by atoms with Crippen LogP contribution in [0.15, 0.2) is 78.9 Å². The van der Waals surface area contributed by atoms with Gasteiger partial charge < -0.3 is 25.5 Å². The van der Waals surface area contributed by atoms with E-state index in [-0.39, 0.29) is 18.2 Å². The lowest BCUT2D eigenvalue weighted by Crippen LogP contribution is -2.58. The minimum atomic E-state index is -1.56. The minimum Gasteiger partial charge on any atom is -0.381 e. The number of nitrogens with zero attached hydrogens (tertiary/aromatic N) is 2. The van der Waals surface area contributed by atoms with Gasteiger partial charge in [0.15, 0.2) is 6.10 Å². The second-order valence-electron chi connectivity index (χ2n) is 11.4. The average Bonchev–Trinajstić information content (AvgIpc) is 3.30. The van der Waals surface area contributed by atoms with E-state index in [2.05, 4.69) is 10.6 Å². The van der Waals surface area contributed by atoms with Crippen molar-refractivity contribution in [2.45, 2.75) is 56.7 Å². The molecule has 0 aliphatic carbocycles. The number of amides is 3. The van der Waals surface area contributed by atoms with Crippen LogP contribution >= 0.6 is 11.8 Å². The van der Waals surface area contributed by atoms with Crippen molar-refractivity contribution in [1.82, 2.24) is 15.5 Å². The summed E-state index contributed by atoms with van der Waals surface area (Å²) in [5.41, 5.74) is 4.20. The van der Waals surface area contributed by atoms with Gasteiger partial charge in [0, 0.05) is 36.6 Å². The van der Waals surface area contributed by atoms with Crippen LogP contribution in [-0.4, -0.2) is 70.6 Å². The van der Waals surface area contributed by atoms with E-state index in [1.54, 1.807) is 18.2 Å². The first-order chi connectivity index (χ1) is 20.0. The van der Waals surface area contributed by atoms with Crippen LogP contribution in [-0.2, 0) is 22.6 Å². The predicted octanol–water partition coefficient (Wildman–Crippen LogP) is 3.76. The van der Waals surface area contributed by atoms with Crippen molar-refractivity contribution >= 4 is 35.2 Å². The van der Waals surface area contributed by atoms with Crippen molar-refractivity contribution in [1.29, 1.82) is 0 Å². The Bertz CT molecular complexity index is 1410. The topological polar surface area (TPSA) is 102 Å². The van der Waals surface area contributed by atoms with Crippen molar-refractivity contribution in [2.24, 2.45) is 0 Å². The molecule has 1 aliphatic heterocycles. The smallest absolute Gasteiger partial charge is 0.254 e. The molecule has 9 heteroatoms. The number of anilines is 1. The van der Waals surface area contributed by atoms with Crippen LogP contribution in [0.4, 0.5) is 5.69 Å². The van der Waals surface area contributed by atoms with E-state index in [9.17, 15) is 19.5 Å². The number of aliphatic hydroxyl groups is 1. The molecule has 0 radical (unpaired) electrons. The van der Waals surface area contributed by atoms with Gasteiger partial charge in [0.2, 0.25) is 5.91 Å². The summed E-state index contributed by atoms with van der Waals surface area (Å²) in [5.74, 6) is -1.01. The normalized spacial score (nSPS) is 17.3. The van der Waals surface area contributed by atoms with Gasteiger partial charge >= 0.3 is 0 Å². The molecule has 3 N–H and O–H groups in total. The molecular weight excluding hydrogens is 548 g/mol. The van der Waals surface area contributed by atoms with Gasteiger partial charge in [-0.1, -0.05) is 60.7 Å².